The Kier molecular flexibility index (Phi) is 6.65. The highest BCUT2D eigenvalue weighted by Crippen LogP contribution is 2.28. The standard InChI is InChI=1S/C27H30N4O2/c1-32-24-10-7-20(8-11-24)13-15-31-26(17-29-30-31)25-12-14-28-18-27(25)33-19-21-6-9-22-4-2-3-5-23(22)16-21/h2-11,16-17,25,27-28H,12-15,18-19H2,1H3/t25-,27+/m1/s1. The van der Waals surface area contributed by atoms with Gasteiger partial charge < -0.3 is 14.8 Å². The van der Waals surface area contributed by atoms with E-state index in [1.165, 1.54) is 21.9 Å². The second-order valence-corrected chi connectivity index (χ2v) is 8.61. The number of rotatable bonds is 8. The molecular weight excluding hydrogens is 412 g/mol. The normalized spacial score (nSPS) is 18.5. The Labute approximate surface area is 194 Å². The number of fused-ring (bicyclic) bond motifs is 1. The molecule has 0 saturated carbocycles. The molecule has 3 aromatic carbocycles. The zero-order valence-electron chi connectivity index (χ0n) is 19.0. The van der Waals surface area contributed by atoms with Gasteiger partial charge in [0.05, 0.1) is 31.7 Å². The fraction of sp³-hybridized carbons (Fsp3) is 0.333. The van der Waals surface area contributed by atoms with Crippen LogP contribution in [0.4, 0.5) is 0 Å². The summed E-state index contributed by atoms with van der Waals surface area (Å²) in [6.07, 6.45) is 3.91. The van der Waals surface area contributed by atoms with E-state index in [0.29, 0.717) is 6.61 Å². The first-order chi connectivity index (χ1) is 16.3. The van der Waals surface area contributed by atoms with Gasteiger partial charge in [0.15, 0.2) is 0 Å². The molecule has 1 fully saturated rings. The summed E-state index contributed by atoms with van der Waals surface area (Å²) in [5.41, 5.74) is 3.62. The first kappa shape index (κ1) is 21.6. The minimum atomic E-state index is 0.0865. The number of hydrogen-bond acceptors (Lipinski definition) is 5. The second kappa shape index (κ2) is 10.1. The molecule has 1 N–H and O–H groups in total. The SMILES string of the molecule is COc1ccc(CCn2nncc2[C@H]2CCNC[C@@H]2OCc2ccc3ccccc3c2)cc1. The van der Waals surface area contributed by atoms with Gasteiger partial charge >= 0.3 is 0 Å². The van der Waals surface area contributed by atoms with Crippen LogP contribution in [0.25, 0.3) is 10.8 Å². The third kappa shape index (κ3) is 5.07. The molecule has 1 aliphatic rings. The topological polar surface area (TPSA) is 61.2 Å². The maximum Gasteiger partial charge on any atom is 0.118 e. The molecule has 2 atom stereocenters. The molecule has 0 aliphatic carbocycles. The van der Waals surface area contributed by atoms with Crippen molar-refractivity contribution in [2.45, 2.75) is 38.0 Å². The first-order valence-electron chi connectivity index (χ1n) is 11.6. The van der Waals surface area contributed by atoms with Crippen LogP contribution in [0.1, 0.15) is 29.2 Å². The van der Waals surface area contributed by atoms with Gasteiger partial charge in [0.25, 0.3) is 0 Å². The predicted octanol–water partition coefficient (Wildman–Crippen LogP) is 4.34. The lowest BCUT2D eigenvalue weighted by Crippen LogP contribution is -2.41. The number of nitrogens with zero attached hydrogens (tertiary/aromatic N) is 3. The number of hydrogen-bond donors (Lipinski definition) is 1. The Morgan fingerprint density at radius 1 is 1.00 bits per heavy atom. The number of aryl methyl sites for hydroxylation is 2. The van der Waals surface area contributed by atoms with Gasteiger partial charge in [-0.25, -0.2) is 4.68 Å². The molecule has 0 amide bonds. The van der Waals surface area contributed by atoms with Gasteiger partial charge in [-0.3, -0.25) is 0 Å². The summed E-state index contributed by atoms with van der Waals surface area (Å²) in [6.45, 7) is 3.20. The van der Waals surface area contributed by atoms with Crippen molar-refractivity contribution in [1.82, 2.24) is 20.3 Å². The van der Waals surface area contributed by atoms with Crippen LogP contribution < -0.4 is 10.1 Å². The summed E-state index contributed by atoms with van der Waals surface area (Å²) in [7, 11) is 1.69. The molecular formula is C27H30N4O2. The van der Waals surface area contributed by atoms with E-state index in [1.54, 1.807) is 7.11 Å². The van der Waals surface area contributed by atoms with E-state index in [-0.39, 0.29) is 12.0 Å². The van der Waals surface area contributed by atoms with Crippen molar-refractivity contribution in [3.63, 3.8) is 0 Å². The summed E-state index contributed by atoms with van der Waals surface area (Å²) >= 11 is 0. The largest absolute Gasteiger partial charge is 0.497 e. The maximum absolute atomic E-state index is 6.45. The van der Waals surface area contributed by atoms with E-state index < -0.39 is 0 Å². The van der Waals surface area contributed by atoms with Gasteiger partial charge in [0, 0.05) is 19.0 Å². The highest BCUT2D eigenvalue weighted by Gasteiger charge is 2.30. The van der Waals surface area contributed by atoms with Crippen molar-refractivity contribution in [1.29, 1.82) is 0 Å². The first-order valence-corrected chi connectivity index (χ1v) is 11.6. The van der Waals surface area contributed by atoms with Crippen LogP contribution in [0.15, 0.2) is 72.9 Å². The number of methoxy groups -OCH3 is 1. The fourth-order valence-corrected chi connectivity index (χ4v) is 4.63. The monoisotopic (exact) mass is 442 g/mol. The quantitative estimate of drug-likeness (QED) is 0.440. The second-order valence-electron chi connectivity index (χ2n) is 8.61. The molecule has 0 bridgehead atoms. The minimum Gasteiger partial charge on any atom is -0.497 e. The van der Waals surface area contributed by atoms with Gasteiger partial charge in [-0.15, -0.1) is 5.10 Å². The Morgan fingerprint density at radius 3 is 2.67 bits per heavy atom. The Balaban J connectivity index is 1.26. The average molecular weight is 443 g/mol. The van der Waals surface area contributed by atoms with Crippen LogP contribution in [0.5, 0.6) is 5.75 Å². The molecule has 1 aromatic heterocycles. The third-order valence-corrected chi connectivity index (χ3v) is 6.50. The summed E-state index contributed by atoms with van der Waals surface area (Å²) in [6, 6.07) is 23.2. The summed E-state index contributed by atoms with van der Waals surface area (Å²) in [5.74, 6) is 1.15. The minimum absolute atomic E-state index is 0.0865. The number of benzene rings is 3. The fourth-order valence-electron chi connectivity index (χ4n) is 4.63. The lowest BCUT2D eigenvalue weighted by Gasteiger charge is -2.32. The van der Waals surface area contributed by atoms with E-state index in [2.05, 4.69) is 70.2 Å². The Bertz CT molecular complexity index is 1190. The average Bonchev–Trinajstić information content (AvgIpc) is 3.35. The molecule has 170 valence electrons. The summed E-state index contributed by atoms with van der Waals surface area (Å²) in [5, 5.41) is 14.6. The van der Waals surface area contributed by atoms with E-state index in [1.807, 2.05) is 23.0 Å². The van der Waals surface area contributed by atoms with E-state index in [9.17, 15) is 0 Å². The predicted molar refractivity (Wildman–Crippen MR) is 129 cm³/mol. The molecule has 2 heterocycles. The molecule has 4 aromatic rings. The van der Waals surface area contributed by atoms with Crippen LogP contribution >= 0.6 is 0 Å². The summed E-state index contributed by atoms with van der Waals surface area (Å²) in [4.78, 5) is 0. The Hall–Kier alpha value is -3.22. The molecule has 1 saturated heterocycles. The molecule has 0 unspecified atom stereocenters. The van der Waals surface area contributed by atoms with Crippen molar-refractivity contribution in [3.05, 3.63) is 89.7 Å². The zero-order chi connectivity index (χ0) is 22.5. The van der Waals surface area contributed by atoms with Crippen molar-refractivity contribution in [2.75, 3.05) is 20.2 Å². The molecule has 1 aliphatic heterocycles. The molecule has 6 heteroatoms. The smallest absolute Gasteiger partial charge is 0.118 e. The van der Waals surface area contributed by atoms with Crippen LogP contribution in [0, 0.1) is 0 Å². The van der Waals surface area contributed by atoms with E-state index in [4.69, 9.17) is 9.47 Å². The highest BCUT2D eigenvalue weighted by molar-refractivity contribution is 5.82. The van der Waals surface area contributed by atoms with Crippen molar-refractivity contribution in [3.8, 4) is 5.75 Å². The number of piperidine rings is 1. The van der Waals surface area contributed by atoms with Crippen molar-refractivity contribution < 1.29 is 9.47 Å². The molecule has 0 radical (unpaired) electrons. The third-order valence-electron chi connectivity index (χ3n) is 6.50. The van der Waals surface area contributed by atoms with Crippen LogP contribution in [0.3, 0.4) is 0 Å². The lowest BCUT2D eigenvalue weighted by molar-refractivity contribution is 0.00868. The van der Waals surface area contributed by atoms with E-state index >= 15 is 0 Å². The molecule has 5 rings (SSSR count). The maximum atomic E-state index is 6.45. The molecule has 0 spiro atoms. The highest BCUT2D eigenvalue weighted by atomic mass is 16.5. The van der Waals surface area contributed by atoms with Gasteiger partial charge in [0.1, 0.15) is 5.75 Å². The number of nitrogens with one attached hydrogen (secondary N) is 1. The number of aromatic nitrogens is 3. The lowest BCUT2D eigenvalue weighted by atomic mass is 9.91. The van der Waals surface area contributed by atoms with E-state index in [0.717, 1.165) is 43.9 Å². The van der Waals surface area contributed by atoms with Crippen LogP contribution in [-0.2, 0) is 24.3 Å². The molecule has 6 nitrogen and oxygen atoms in total. The van der Waals surface area contributed by atoms with Gasteiger partial charge in [-0.2, -0.15) is 0 Å². The Morgan fingerprint density at radius 2 is 1.82 bits per heavy atom. The van der Waals surface area contributed by atoms with Crippen LogP contribution in [0.2, 0.25) is 0 Å². The van der Waals surface area contributed by atoms with Gasteiger partial charge in [-0.05, 0) is 59.5 Å². The zero-order valence-corrected chi connectivity index (χ0v) is 19.0. The molecule has 33 heavy (non-hydrogen) atoms. The van der Waals surface area contributed by atoms with Crippen LogP contribution in [-0.4, -0.2) is 41.3 Å². The van der Waals surface area contributed by atoms with Gasteiger partial charge in [0.2, 0.25) is 0 Å². The number of ether oxygens (including phenoxy) is 2. The summed E-state index contributed by atoms with van der Waals surface area (Å²) < 4.78 is 13.8. The van der Waals surface area contributed by atoms with Gasteiger partial charge in [-0.1, -0.05) is 53.7 Å². The van der Waals surface area contributed by atoms with Crippen molar-refractivity contribution in [2.24, 2.45) is 0 Å². The van der Waals surface area contributed by atoms with Crippen molar-refractivity contribution >= 4 is 10.8 Å².